The number of aryl methyl sites for hydroxylation is 1. The standard InChI is InChI=1S/C10H14N2O4/c1-16-9(13)4-2-3-5-12-7-11-6-8(12)10(14)15/h6-7H,2-5H2,1H3,(H,14,15). The number of nitrogens with zero attached hydrogens (tertiary/aromatic N) is 2. The first-order chi connectivity index (χ1) is 7.65. The van der Waals surface area contributed by atoms with Gasteiger partial charge in [0.2, 0.25) is 0 Å². The molecule has 0 aliphatic heterocycles. The monoisotopic (exact) mass is 226 g/mol. The third-order valence-corrected chi connectivity index (χ3v) is 2.19. The van der Waals surface area contributed by atoms with Crippen molar-refractivity contribution in [3.63, 3.8) is 0 Å². The normalized spacial score (nSPS) is 10.1. The molecule has 0 amide bonds. The van der Waals surface area contributed by atoms with Crippen LogP contribution in [0.1, 0.15) is 29.8 Å². The fourth-order valence-electron chi connectivity index (χ4n) is 1.33. The Morgan fingerprint density at radius 3 is 2.88 bits per heavy atom. The molecule has 6 nitrogen and oxygen atoms in total. The van der Waals surface area contributed by atoms with Crippen molar-refractivity contribution in [1.29, 1.82) is 0 Å². The minimum atomic E-state index is -0.995. The van der Waals surface area contributed by atoms with Crippen molar-refractivity contribution in [2.75, 3.05) is 7.11 Å². The first-order valence-electron chi connectivity index (χ1n) is 4.95. The van der Waals surface area contributed by atoms with Gasteiger partial charge in [-0.3, -0.25) is 4.79 Å². The van der Waals surface area contributed by atoms with Crippen molar-refractivity contribution in [2.45, 2.75) is 25.8 Å². The fraction of sp³-hybridized carbons (Fsp3) is 0.500. The molecule has 16 heavy (non-hydrogen) atoms. The van der Waals surface area contributed by atoms with Crippen LogP contribution in [0.5, 0.6) is 0 Å². The average molecular weight is 226 g/mol. The van der Waals surface area contributed by atoms with E-state index in [4.69, 9.17) is 5.11 Å². The van der Waals surface area contributed by atoms with Crippen molar-refractivity contribution >= 4 is 11.9 Å². The Morgan fingerprint density at radius 2 is 2.25 bits per heavy atom. The Hall–Kier alpha value is -1.85. The van der Waals surface area contributed by atoms with Crippen LogP contribution in [-0.4, -0.2) is 33.7 Å². The van der Waals surface area contributed by atoms with Gasteiger partial charge >= 0.3 is 11.9 Å². The molecular weight excluding hydrogens is 212 g/mol. The van der Waals surface area contributed by atoms with E-state index in [0.29, 0.717) is 25.8 Å². The molecule has 0 saturated carbocycles. The Balaban J connectivity index is 2.34. The van der Waals surface area contributed by atoms with Gasteiger partial charge in [-0.1, -0.05) is 0 Å². The molecule has 0 spiro atoms. The van der Waals surface area contributed by atoms with Crippen molar-refractivity contribution in [1.82, 2.24) is 9.55 Å². The highest BCUT2D eigenvalue weighted by atomic mass is 16.5. The zero-order valence-corrected chi connectivity index (χ0v) is 9.05. The molecule has 0 bridgehead atoms. The maximum atomic E-state index is 10.8. The van der Waals surface area contributed by atoms with Gasteiger partial charge in [-0.05, 0) is 12.8 Å². The molecule has 6 heteroatoms. The Labute approximate surface area is 92.9 Å². The molecule has 0 radical (unpaired) electrons. The predicted octanol–water partition coefficient (Wildman–Crippen LogP) is 0.925. The highest BCUT2D eigenvalue weighted by Crippen LogP contribution is 2.04. The lowest BCUT2D eigenvalue weighted by Gasteiger charge is -2.04. The average Bonchev–Trinajstić information content (AvgIpc) is 2.72. The number of aromatic nitrogens is 2. The lowest BCUT2D eigenvalue weighted by Crippen LogP contribution is -2.08. The molecule has 88 valence electrons. The largest absolute Gasteiger partial charge is 0.477 e. The van der Waals surface area contributed by atoms with Crippen LogP contribution < -0.4 is 0 Å². The number of carbonyl (C=O) groups excluding carboxylic acids is 1. The molecule has 0 fully saturated rings. The maximum Gasteiger partial charge on any atom is 0.354 e. The summed E-state index contributed by atoms with van der Waals surface area (Å²) in [5.41, 5.74) is 0.165. The van der Waals surface area contributed by atoms with E-state index >= 15 is 0 Å². The van der Waals surface area contributed by atoms with Gasteiger partial charge in [0, 0.05) is 13.0 Å². The van der Waals surface area contributed by atoms with Gasteiger partial charge in [0.15, 0.2) is 0 Å². The lowest BCUT2D eigenvalue weighted by atomic mass is 10.2. The van der Waals surface area contributed by atoms with Gasteiger partial charge in [0.25, 0.3) is 0 Å². The van der Waals surface area contributed by atoms with Gasteiger partial charge in [0.1, 0.15) is 5.69 Å². The highest BCUT2D eigenvalue weighted by molar-refractivity contribution is 5.85. The van der Waals surface area contributed by atoms with Gasteiger partial charge in [0.05, 0.1) is 19.6 Å². The number of hydrogen-bond donors (Lipinski definition) is 1. The van der Waals surface area contributed by atoms with E-state index in [-0.39, 0.29) is 11.7 Å². The van der Waals surface area contributed by atoms with E-state index in [9.17, 15) is 9.59 Å². The van der Waals surface area contributed by atoms with E-state index in [2.05, 4.69) is 9.72 Å². The second kappa shape index (κ2) is 5.89. The fourth-order valence-corrected chi connectivity index (χ4v) is 1.33. The summed E-state index contributed by atoms with van der Waals surface area (Å²) >= 11 is 0. The minimum Gasteiger partial charge on any atom is -0.477 e. The molecule has 0 saturated heterocycles. The molecule has 1 rings (SSSR count). The molecule has 0 unspecified atom stereocenters. The van der Waals surface area contributed by atoms with Crippen LogP contribution in [0.4, 0.5) is 0 Å². The summed E-state index contributed by atoms with van der Waals surface area (Å²) in [5, 5.41) is 8.80. The molecule has 1 N–H and O–H groups in total. The van der Waals surface area contributed by atoms with Crippen LogP contribution in [0.2, 0.25) is 0 Å². The van der Waals surface area contributed by atoms with Gasteiger partial charge < -0.3 is 14.4 Å². The Morgan fingerprint density at radius 1 is 1.50 bits per heavy atom. The molecule has 0 aliphatic rings. The first-order valence-corrected chi connectivity index (χ1v) is 4.95. The van der Waals surface area contributed by atoms with Crippen LogP contribution in [0.15, 0.2) is 12.5 Å². The number of esters is 1. The summed E-state index contributed by atoms with van der Waals surface area (Å²) in [6.07, 6.45) is 4.52. The smallest absolute Gasteiger partial charge is 0.354 e. The number of aromatic carboxylic acids is 1. The topological polar surface area (TPSA) is 81.4 Å². The molecule has 0 atom stereocenters. The van der Waals surface area contributed by atoms with Crippen molar-refractivity contribution < 1.29 is 19.4 Å². The number of carbonyl (C=O) groups is 2. The quantitative estimate of drug-likeness (QED) is 0.576. The van der Waals surface area contributed by atoms with Gasteiger partial charge in [-0.2, -0.15) is 0 Å². The number of rotatable bonds is 6. The van der Waals surface area contributed by atoms with Crippen LogP contribution in [-0.2, 0) is 16.1 Å². The van der Waals surface area contributed by atoms with Gasteiger partial charge in [-0.15, -0.1) is 0 Å². The van der Waals surface area contributed by atoms with E-state index in [1.54, 1.807) is 4.57 Å². The summed E-state index contributed by atoms with van der Waals surface area (Å²) in [4.78, 5) is 25.3. The number of carboxylic acid groups (broad SMARTS) is 1. The number of unbranched alkanes of at least 4 members (excludes halogenated alkanes) is 1. The molecule has 0 aliphatic carbocycles. The second-order valence-corrected chi connectivity index (χ2v) is 3.31. The summed E-state index contributed by atoms with van der Waals surface area (Å²) in [5.74, 6) is -1.24. The predicted molar refractivity (Wildman–Crippen MR) is 55.1 cm³/mol. The molecule has 1 aromatic heterocycles. The number of ether oxygens (including phenoxy) is 1. The Kier molecular flexibility index (Phi) is 4.50. The van der Waals surface area contributed by atoms with Crippen LogP contribution in [0.3, 0.4) is 0 Å². The molecule has 1 aromatic rings. The molecule has 1 heterocycles. The number of hydrogen-bond acceptors (Lipinski definition) is 4. The third kappa shape index (κ3) is 3.38. The molecular formula is C10H14N2O4. The Bertz CT molecular complexity index is 373. The van der Waals surface area contributed by atoms with Crippen LogP contribution >= 0.6 is 0 Å². The number of methoxy groups -OCH3 is 1. The van der Waals surface area contributed by atoms with Gasteiger partial charge in [-0.25, -0.2) is 9.78 Å². The lowest BCUT2D eigenvalue weighted by molar-refractivity contribution is -0.140. The summed E-state index contributed by atoms with van der Waals surface area (Å²) < 4.78 is 6.05. The van der Waals surface area contributed by atoms with Crippen LogP contribution in [0, 0.1) is 0 Å². The zero-order chi connectivity index (χ0) is 12.0. The number of imidazole rings is 1. The van der Waals surface area contributed by atoms with Crippen molar-refractivity contribution in [2.24, 2.45) is 0 Å². The van der Waals surface area contributed by atoms with Crippen LogP contribution in [0.25, 0.3) is 0 Å². The summed E-state index contributed by atoms with van der Waals surface area (Å²) in [7, 11) is 1.35. The zero-order valence-electron chi connectivity index (χ0n) is 9.05. The maximum absolute atomic E-state index is 10.8. The van der Waals surface area contributed by atoms with E-state index in [0.717, 1.165) is 0 Å². The SMILES string of the molecule is COC(=O)CCCCn1cncc1C(=O)O. The minimum absolute atomic E-state index is 0.165. The molecule has 0 aromatic carbocycles. The van der Waals surface area contributed by atoms with E-state index < -0.39 is 5.97 Å². The first kappa shape index (κ1) is 12.2. The third-order valence-electron chi connectivity index (χ3n) is 2.19. The van der Waals surface area contributed by atoms with Crippen molar-refractivity contribution in [3.8, 4) is 0 Å². The highest BCUT2D eigenvalue weighted by Gasteiger charge is 2.09. The van der Waals surface area contributed by atoms with Crippen molar-refractivity contribution in [3.05, 3.63) is 18.2 Å². The van der Waals surface area contributed by atoms with E-state index in [1.165, 1.54) is 19.6 Å². The second-order valence-electron chi connectivity index (χ2n) is 3.31. The summed E-state index contributed by atoms with van der Waals surface area (Å²) in [6, 6.07) is 0. The summed E-state index contributed by atoms with van der Waals surface area (Å²) in [6.45, 7) is 0.540. The van der Waals surface area contributed by atoms with E-state index in [1.807, 2.05) is 0 Å². The number of carboxylic acids is 1.